The van der Waals surface area contributed by atoms with Crippen LogP contribution in [0.3, 0.4) is 0 Å². The Balaban J connectivity index is 1.69. The molecule has 0 saturated carbocycles. The lowest BCUT2D eigenvalue weighted by molar-refractivity contribution is 0.780. The van der Waals surface area contributed by atoms with Gasteiger partial charge in [0, 0.05) is 11.7 Å². The van der Waals surface area contributed by atoms with E-state index < -0.39 is 0 Å². The molecule has 4 nitrogen and oxygen atoms in total. The minimum atomic E-state index is 0.353. The molecule has 1 heterocycles. The standard InChI is InChI=1S/C19H18N4S/c1-13(2)18-21-19(23-22-18)24-12-14-7-9-15(10-8-14)17-6-4-3-5-16(17)11-20/h3-10,13H,12H2,1-2H3,(H,21,22,23). The van der Waals surface area contributed by atoms with Crippen molar-refractivity contribution in [2.75, 3.05) is 0 Å². The van der Waals surface area contributed by atoms with Crippen LogP contribution in [-0.4, -0.2) is 15.2 Å². The van der Waals surface area contributed by atoms with Gasteiger partial charge in [-0.3, -0.25) is 5.10 Å². The molecule has 3 aromatic rings. The van der Waals surface area contributed by atoms with E-state index in [0.717, 1.165) is 27.9 Å². The fourth-order valence-corrected chi connectivity index (χ4v) is 3.10. The van der Waals surface area contributed by atoms with E-state index in [1.807, 2.05) is 24.3 Å². The molecule has 0 aliphatic carbocycles. The normalized spacial score (nSPS) is 10.8. The lowest BCUT2D eigenvalue weighted by Crippen LogP contribution is -1.89. The molecular weight excluding hydrogens is 316 g/mol. The van der Waals surface area contributed by atoms with Crippen molar-refractivity contribution in [3.63, 3.8) is 0 Å². The van der Waals surface area contributed by atoms with Gasteiger partial charge in [0.15, 0.2) is 0 Å². The van der Waals surface area contributed by atoms with Crippen LogP contribution >= 0.6 is 11.8 Å². The number of thioether (sulfide) groups is 1. The summed E-state index contributed by atoms with van der Waals surface area (Å²) in [6, 6.07) is 18.2. The number of aromatic nitrogens is 3. The molecule has 1 N–H and O–H groups in total. The molecule has 0 aliphatic rings. The third-order valence-electron chi connectivity index (χ3n) is 3.71. The van der Waals surface area contributed by atoms with Gasteiger partial charge in [-0.1, -0.05) is 68.1 Å². The van der Waals surface area contributed by atoms with Gasteiger partial charge in [0.25, 0.3) is 0 Å². The van der Waals surface area contributed by atoms with E-state index in [1.54, 1.807) is 11.8 Å². The lowest BCUT2D eigenvalue weighted by atomic mass is 10.00. The Hall–Kier alpha value is -2.58. The first kappa shape index (κ1) is 16.3. The Morgan fingerprint density at radius 2 is 1.88 bits per heavy atom. The molecule has 0 atom stereocenters. The molecule has 0 aliphatic heterocycles. The number of nitrogens with zero attached hydrogens (tertiary/aromatic N) is 3. The summed E-state index contributed by atoms with van der Waals surface area (Å²) in [5.41, 5.74) is 3.92. The van der Waals surface area contributed by atoms with Crippen molar-refractivity contribution in [1.29, 1.82) is 5.26 Å². The fraction of sp³-hybridized carbons (Fsp3) is 0.211. The average molecular weight is 334 g/mol. The lowest BCUT2D eigenvalue weighted by Gasteiger charge is -2.05. The van der Waals surface area contributed by atoms with Crippen molar-refractivity contribution in [2.45, 2.75) is 30.7 Å². The zero-order chi connectivity index (χ0) is 16.9. The molecular formula is C19H18N4S. The number of benzene rings is 2. The summed E-state index contributed by atoms with van der Waals surface area (Å²) in [6.07, 6.45) is 0. The number of hydrogen-bond acceptors (Lipinski definition) is 4. The molecule has 2 aromatic carbocycles. The summed E-state index contributed by atoms with van der Waals surface area (Å²) in [5.74, 6) is 2.09. The van der Waals surface area contributed by atoms with Gasteiger partial charge in [0.1, 0.15) is 5.82 Å². The zero-order valence-electron chi connectivity index (χ0n) is 13.7. The van der Waals surface area contributed by atoms with Gasteiger partial charge in [0.2, 0.25) is 5.16 Å². The first-order valence-electron chi connectivity index (χ1n) is 7.81. The van der Waals surface area contributed by atoms with Crippen molar-refractivity contribution in [2.24, 2.45) is 0 Å². The molecule has 0 radical (unpaired) electrons. The first-order chi connectivity index (χ1) is 11.7. The molecule has 120 valence electrons. The maximum atomic E-state index is 9.22. The summed E-state index contributed by atoms with van der Waals surface area (Å²) >= 11 is 1.62. The Morgan fingerprint density at radius 3 is 2.54 bits per heavy atom. The quantitative estimate of drug-likeness (QED) is 0.683. The van der Waals surface area contributed by atoms with E-state index >= 15 is 0 Å². The number of nitriles is 1. The SMILES string of the molecule is CC(C)c1nc(SCc2ccc(-c3ccccc3C#N)cc2)n[nH]1. The molecule has 0 saturated heterocycles. The van der Waals surface area contributed by atoms with E-state index in [0.29, 0.717) is 11.5 Å². The second-order valence-corrected chi connectivity index (χ2v) is 6.74. The van der Waals surface area contributed by atoms with Gasteiger partial charge in [-0.25, -0.2) is 4.98 Å². The van der Waals surface area contributed by atoms with Crippen LogP contribution < -0.4 is 0 Å². The highest BCUT2D eigenvalue weighted by molar-refractivity contribution is 7.98. The summed E-state index contributed by atoms with van der Waals surface area (Å²) in [6.45, 7) is 4.18. The topological polar surface area (TPSA) is 65.4 Å². The number of hydrogen-bond donors (Lipinski definition) is 1. The average Bonchev–Trinajstić information content (AvgIpc) is 3.10. The van der Waals surface area contributed by atoms with Crippen molar-refractivity contribution in [1.82, 2.24) is 15.2 Å². The summed E-state index contributed by atoms with van der Waals surface area (Å²) in [4.78, 5) is 4.47. The van der Waals surface area contributed by atoms with Crippen molar-refractivity contribution >= 4 is 11.8 Å². The van der Waals surface area contributed by atoms with E-state index in [9.17, 15) is 5.26 Å². The second-order valence-electron chi connectivity index (χ2n) is 5.80. The third-order valence-corrected chi connectivity index (χ3v) is 4.63. The number of aromatic amines is 1. The highest BCUT2D eigenvalue weighted by Gasteiger charge is 2.08. The molecule has 0 spiro atoms. The van der Waals surface area contributed by atoms with Crippen LogP contribution in [0.15, 0.2) is 53.7 Å². The van der Waals surface area contributed by atoms with Crippen LogP contribution in [0.1, 0.15) is 36.7 Å². The van der Waals surface area contributed by atoms with Gasteiger partial charge in [-0.15, -0.1) is 5.10 Å². The van der Waals surface area contributed by atoms with E-state index in [2.05, 4.69) is 59.4 Å². The largest absolute Gasteiger partial charge is 0.262 e. The second kappa shape index (κ2) is 7.33. The Bertz CT molecular complexity index is 860. The molecule has 3 rings (SSSR count). The van der Waals surface area contributed by atoms with Gasteiger partial charge in [-0.2, -0.15) is 5.26 Å². The minimum Gasteiger partial charge on any atom is -0.262 e. The molecule has 0 amide bonds. The Labute approximate surface area is 146 Å². The van der Waals surface area contributed by atoms with Gasteiger partial charge in [0.05, 0.1) is 11.6 Å². The summed E-state index contributed by atoms with van der Waals surface area (Å²) in [7, 11) is 0. The molecule has 0 bridgehead atoms. The van der Waals surface area contributed by atoms with Crippen LogP contribution in [0.5, 0.6) is 0 Å². The molecule has 24 heavy (non-hydrogen) atoms. The van der Waals surface area contributed by atoms with Crippen LogP contribution in [0, 0.1) is 11.3 Å². The number of rotatable bonds is 5. The van der Waals surface area contributed by atoms with E-state index in [1.165, 1.54) is 5.56 Å². The summed E-state index contributed by atoms with van der Waals surface area (Å²) < 4.78 is 0. The minimum absolute atomic E-state index is 0.353. The highest BCUT2D eigenvalue weighted by atomic mass is 32.2. The predicted octanol–water partition coefficient (Wildman–Crippen LogP) is 4.76. The van der Waals surface area contributed by atoms with Crippen LogP contribution in [-0.2, 0) is 5.75 Å². The maximum absolute atomic E-state index is 9.22. The molecule has 1 aromatic heterocycles. The third kappa shape index (κ3) is 3.66. The number of H-pyrrole nitrogens is 1. The Kier molecular flexibility index (Phi) is 4.97. The van der Waals surface area contributed by atoms with E-state index in [-0.39, 0.29) is 0 Å². The van der Waals surface area contributed by atoms with Gasteiger partial charge >= 0.3 is 0 Å². The Morgan fingerprint density at radius 1 is 1.12 bits per heavy atom. The predicted molar refractivity (Wildman–Crippen MR) is 96.6 cm³/mol. The monoisotopic (exact) mass is 334 g/mol. The molecule has 0 fully saturated rings. The van der Waals surface area contributed by atoms with Crippen LogP contribution in [0.2, 0.25) is 0 Å². The smallest absolute Gasteiger partial charge is 0.208 e. The van der Waals surface area contributed by atoms with Crippen molar-refractivity contribution in [3.8, 4) is 17.2 Å². The molecule has 5 heteroatoms. The summed E-state index contributed by atoms with van der Waals surface area (Å²) in [5, 5.41) is 17.2. The van der Waals surface area contributed by atoms with Crippen LogP contribution in [0.4, 0.5) is 0 Å². The number of nitrogens with one attached hydrogen (secondary N) is 1. The maximum Gasteiger partial charge on any atom is 0.208 e. The van der Waals surface area contributed by atoms with Crippen molar-refractivity contribution in [3.05, 3.63) is 65.5 Å². The van der Waals surface area contributed by atoms with Crippen molar-refractivity contribution < 1.29 is 0 Å². The van der Waals surface area contributed by atoms with Gasteiger partial charge < -0.3 is 0 Å². The van der Waals surface area contributed by atoms with Crippen LogP contribution in [0.25, 0.3) is 11.1 Å². The fourth-order valence-electron chi connectivity index (χ4n) is 2.34. The first-order valence-corrected chi connectivity index (χ1v) is 8.79. The van der Waals surface area contributed by atoms with E-state index in [4.69, 9.17) is 0 Å². The zero-order valence-corrected chi connectivity index (χ0v) is 14.5. The molecule has 0 unspecified atom stereocenters. The highest BCUT2D eigenvalue weighted by Crippen LogP contribution is 2.26. The van der Waals surface area contributed by atoms with Gasteiger partial charge in [-0.05, 0) is 22.8 Å².